The third kappa shape index (κ3) is 2.62. The third-order valence-corrected chi connectivity index (χ3v) is 4.85. The lowest BCUT2D eigenvalue weighted by Gasteiger charge is -2.35. The SMILES string of the molecule is CNC(C1=CCCCC1)C1CCCc2ccccc21. The molecule has 1 heteroatoms. The van der Waals surface area contributed by atoms with E-state index in [-0.39, 0.29) is 0 Å². The number of nitrogens with one attached hydrogen (secondary N) is 1. The number of allylic oxidation sites excluding steroid dienone is 1. The van der Waals surface area contributed by atoms with Crippen molar-refractivity contribution in [1.82, 2.24) is 5.32 Å². The maximum Gasteiger partial charge on any atom is 0.0346 e. The Balaban J connectivity index is 1.90. The molecule has 0 radical (unpaired) electrons. The van der Waals surface area contributed by atoms with E-state index in [1.54, 1.807) is 16.7 Å². The second-order valence-electron chi connectivity index (χ2n) is 5.99. The van der Waals surface area contributed by atoms with E-state index in [2.05, 4.69) is 42.7 Å². The monoisotopic (exact) mass is 255 g/mol. The number of hydrogen-bond donors (Lipinski definition) is 1. The third-order valence-electron chi connectivity index (χ3n) is 4.85. The van der Waals surface area contributed by atoms with Crippen molar-refractivity contribution in [2.24, 2.45) is 0 Å². The van der Waals surface area contributed by atoms with Gasteiger partial charge in [0, 0.05) is 12.0 Å². The van der Waals surface area contributed by atoms with Crippen LogP contribution in [0.4, 0.5) is 0 Å². The minimum absolute atomic E-state index is 0.557. The Labute approximate surface area is 117 Å². The van der Waals surface area contributed by atoms with Crippen LogP contribution in [0.3, 0.4) is 0 Å². The number of benzene rings is 1. The molecule has 0 bridgehead atoms. The molecule has 0 spiro atoms. The maximum atomic E-state index is 3.61. The summed E-state index contributed by atoms with van der Waals surface area (Å²) >= 11 is 0. The highest BCUT2D eigenvalue weighted by Gasteiger charge is 2.29. The first-order valence-electron chi connectivity index (χ1n) is 7.84. The number of aryl methyl sites for hydroxylation is 1. The van der Waals surface area contributed by atoms with Gasteiger partial charge in [0.2, 0.25) is 0 Å². The predicted molar refractivity (Wildman–Crippen MR) is 81.5 cm³/mol. The van der Waals surface area contributed by atoms with Crippen LogP contribution in [-0.4, -0.2) is 13.1 Å². The van der Waals surface area contributed by atoms with Crippen LogP contribution >= 0.6 is 0 Å². The van der Waals surface area contributed by atoms with Gasteiger partial charge in [0.25, 0.3) is 0 Å². The maximum absolute atomic E-state index is 3.61. The highest BCUT2D eigenvalue weighted by molar-refractivity contribution is 5.36. The van der Waals surface area contributed by atoms with E-state index < -0.39 is 0 Å². The van der Waals surface area contributed by atoms with E-state index in [0.29, 0.717) is 12.0 Å². The Kier molecular flexibility index (Phi) is 4.03. The summed E-state index contributed by atoms with van der Waals surface area (Å²) in [6, 6.07) is 9.63. The van der Waals surface area contributed by atoms with Gasteiger partial charge in [-0.05, 0) is 63.1 Å². The van der Waals surface area contributed by atoms with E-state index in [1.807, 2.05) is 0 Å². The van der Waals surface area contributed by atoms with Crippen molar-refractivity contribution in [3.63, 3.8) is 0 Å². The van der Waals surface area contributed by atoms with E-state index in [4.69, 9.17) is 0 Å². The molecule has 2 aliphatic carbocycles. The minimum Gasteiger partial charge on any atom is -0.313 e. The van der Waals surface area contributed by atoms with Crippen molar-refractivity contribution >= 4 is 0 Å². The summed E-state index contributed by atoms with van der Waals surface area (Å²) in [7, 11) is 2.14. The lowest BCUT2D eigenvalue weighted by molar-refractivity contribution is 0.436. The molecule has 19 heavy (non-hydrogen) atoms. The molecule has 0 aliphatic heterocycles. The van der Waals surface area contributed by atoms with Gasteiger partial charge < -0.3 is 5.32 Å². The molecule has 1 nitrogen and oxygen atoms in total. The Morgan fingerprint density at radius 2 is 2.00 bits per heavy atom. The summed E-state index contributed by atoms with van der Waals surface area (Å²) < 4.78 is 0. The summed E-state index contributed by atoms with van der Waals surface area (Å²) in [6.07, 6.45) is 11.8. The van der Waals surface area contributed by atoms with Crippen molar-refractivity contribution in [2.75, 3.05) is 7.05 Å². The van der Waals surface area contributed by atoms with Gasteiger partial charge in [-0.15, -0.1) is 0 Å². The van der Waals surface area contributed by atoms with Crippen LogP contribution in [0.1, 0.15) is 55.6 Å². The average molecular weight is 255 g/mol. The zero-order valence-electron chi connectivity index (χ0n) is 12.0. The van der Waals surface area contributed by atoms with Gasteiger partial charge in [0.15, 0.2) is 0 Å². The molecule has 1 aromatic rings. The Hall–Kier alpha value is -1.08. The molecule has 1 N–H and O–H groups in total. The molecule has 102 valence electrons. The first-order chi connectivity index (χ1) is 9.40. The van der Waals surface area contributed by atoms with Gasteiger partial charge in [-0.1, -0.05) is 35.9 Å². The van der Waals surface area contributed by atoms with Crippen molar-refractivity contribution in [3.8, 4) is 0 Å². The molecule has 2 aliphatic rings. The van der Waals surface area contributed by atoms with Gasteiger partial charge in [0.05, 0.1) is 0 Å². The van der Waals surface area contributed by atoms with Gasteiger partial charge >= 0.3 is 0 Å². The number of fused-ring (bicyclic) bond motifs is 1. The molecule has 0 amide bonds. The second kappa shape index (κ2) is 5.92. The Morgan fingerprint density at radius 3 is 2.79 bits per heavy atom. The topological polar surface area (TPSA) is 12.0 Å². The smallest absolute Gasteiger partial charge is 0.0346 e. The van der Waals surface area contributed by atoms with E-state index in [0.717, 1.165) is 0 Å². The molecule has 2 atom stereocenters. The van der Waals surface area contributed by atoms with E-state index in [1.165, 1.54) is 44.9 Å². The molecule has 0 fully saturated rings. The summed E-state index contributed by atoms with van der Waals surface area (Å²) in [5, 5.41) is 3.61. The lowest BCUT2D eigenvalue weighted by atomic mass is 9.75. The van der Waals surface area contributed by atoms with Crippen LogP contribution in [-0.2, 0) is 6.42 Å². The van der Waals surface area contributed by atoms with Gasteiger partial charge in [-0.3, -0.25) is 0 Å². The predicted octanol–water partition coefficient (Wildman–Crippen LogP) is 4.19. The molecule has 0 saturated carbocycles. The van der Waals surface area contributed by atoms with Crippen molar-refractivity contribution in [1.29, 1.82) is 0 Å². The van der Waals surface area contributed by atoms with Crippen LogP contribution < -0.4 is 5.32 Å². The molecular formula is C18H25N. The van der Waals surface area contributed by atoms with Crippen molar-refractivity contribution in [3.05, 3.63) is 47.0 Å². The fourth-order valence-corrected chi connectivity index (χ4v) is 3.93. The van der Waals surface area contributed by atoms with E-state index >= 15 is 0 Å². The highest BCUT2D eigenvalue weighted by Crippen LogP contribution is 2.37. The van der Waals surface area contributed by atoms with Crippen molar-refractivity contribution in [2.45, 2.75) is 56.9 Å². The second-order valence-corrected chi connectivity index (χ2v) is 5.99. The van der Waals surface area contributed by atoms with E-state index in [9.17, 15) is 0 Å². The highest BCUT2D eigenvalue weighted by atomic mass is 14.9. The van der Waals surface area contributed by atoms with Gasteiger partial charge in [-0.2, -0.15) is 0 Å². The normalized spacial score (nSPS) is 24.5. The number of rotatable bonds is 3. The summed E-state index contributed by atoms with van der Waals surface area (Å²) in [5.74, 6) is 0.680. The van der Waals surface area contributed by atoms with Crippen LogP contribution in [0.25, 0.3) is 0 Å². The first kappa shape index (κ1) is 12.9. The standard InChI is InChI=1S/C18H25N/c1-19-18(15-9-3-2-4-10-15)17-13-7-11-14-8-5-6-12-16(14)17/h5-6,8-9,12,17-19H,2-4,7,10-11,13H2,1H3. The molecule has 0 heterocycles. The lowest BCUT2D eigenvalue weighted by Crippen LogP contribution is -2.36. The van der Waals surface area contributed by atoms with Gasteiger partial charge in [0.1, 0.15) is 0 Å². The first-order valence-corrected chi connectivity index (χ1v) is 7.84. The largest absolute Gasteiger partial charge is 0.313 e. The van der Waals surface area contributed by atoms with Crippen LogP contribution in [0.15, 0.2) is 35.9 Å². The minimum atomic E-state index is 0.557. The zero-order chi connectivity index (χ0) is 13.1. The van der Waals surface area contributed by atoms with Crippen LogP contribution in [0.2, 0.25) is 0 Å². The molecular weight excluding hydrogens is 230 g/mol. The molecule has 0 saturated heterocycles. The van der Waals surface area contributed by atoms with Gasteiger partial charge in [-0.25, -0.2) is 0 Å². The Bertz CT molecular complexity index is 461. The average Bonchev–Trinajstić information content (AvgIpc) is 2.49. The summed E-state index contributed by atoms with van der Waals surface area (Å²) in [6.45, 7) is 0. The van der Waals surface area contributed by atoms with Crippen LogP contribution in [0, 0.1) is 0 Å². The van der Waals surface area contributed by atoms with Crippen LogP contribution in [0.5, 0.6) is 0 Å². The molecule has 2 unspecified atom stereocenters. The number of likely N-dealkylation sites (N-methyl/N-ethyl adjacent to an activating group) is 1. The number of hydrogen-bond acceptors (Lipinski definition) is 1. The molecule has 3 rings (SSSR count). The summed E-state index contributed by atoms with van der Waals surface area (Å²) in [4.78, 5) is 0. The fourth-order valence-electron chi connectivity index (χ4n) is 3.93. The Morgan fingerprint density at radius 1 is 1.11 bits per heavy atom. The summed E-state index contributed by atoms with van der Waals surface area (Å²) in [5.41, 5.74) is 4.84. The zero-order valence-corrected chi connectivity index (χ0v) is 12.0. The van der Waals surface area contributed by atoms with Crippen molar-refractivity contribution < 1.29 is 0 Å². The fraction of sp³-hybridized carbons (Fsp3) is 0.556. The quantitative estimate of drug-likeness (QED) is 0.798. The molecule has 1 aromatic carbocycles. The molecule has 0 aromatic heterocycles.